The van der Waals surface area contributed by atoms with E-state index in [4.69, 9.17) is 0 Å². The molecule has 1 aliphatic carbocycles. The highest BCUT2D eigenvalue weighted by Crippen LogP contribution is 2.38. The van der Waals surface area contributed by atoms with Crippen LogP contribution in [0.15, 0.2) is 36.9 Å². The summed E-state index contributed by atoms with van der Waals surface area (Å²) in [5.74, 6) is -0.579. The minimum Gasteiger partial charge on any atom is -0.348 e. The van der Waals surface area contributed by atoms with Crippen LogP contribution in [0.2, 0.25) is 0 Å². The van der Waals surface area contributed by atoms with Crippen molar-refractivity contribution >= 4 is 17.8 Å². The Morgan fingerprint density at radius 1 is 1.30 bits per heavy atom. The van der Waals surface area contributed by atoms with Crippen molar-refractivity contribution in [1.82, 2.24) is 30.3 Å². The zero-order valence-corrected chi connectivity index (χ0v) is 17.2. The van der Waals surface area contributed by atoms with Crippen molar-refractivity contribution in [3.05, 3.63) is 42.5 Å². The fourth-order valence-corrected chi connectivity index (χ4v) is 4.41. The van der Waals surface area contributed by atoms with Crippen LogP contribution in [0.5, 0.6) is 0 Å². The van der Waals surface area contributed by atoms with Gasteiger partial charge in [0.15, 0.2) is 0 Å². The summed E-state index contributed by atoms with van der Waals surface area (Å²) in [4.78, 5) is 43.0. The number of hydrogen-bond donors (Lipinski definition) is 2. The molecule has 4 amide bonds. The molecule has 2 aromatic rings. The van der Waals surface area contributed by atoms with Gasteiger partial charge < -0.3 is 10.6 Å². The van der Waals surface area contributed by atoms with E-state index in [1.54, 1.807) is 11.0 Å². The van der Waals surface area contributed by atoms with Crippen molar-refractivity contribution in [2.45, 2.75) is 51.1 Å². The fourth-order valence-electron chi connectivity index (χ4n) is 4.41. The number of urea groups is 1. The molecule has 1 spiro atoms. The number of imide groups is 1. The third kappa shape index (κ3) is 3.55. The first-order valence-corrected chi connectivity index (χ1v) is 10.3. The molecule has 3 atom stereocenters. The molecule has 1 aliphatic heterocycles. The molecule has 0 radical (unpaired) electrons. The SMILES string of the molecule is C[C@H](NC(=O)CN1C(=O)N[C@@]2(CCCC[C@H]2C)C1=O)c1ccc(-n2cncn2)cc1. The zero-order chi connectivity index (χ0) is 21.3. The third-order valence-electron chi connectivity index (χ3n) is 6.26. The Labute approximate surface area is 174 Å². The predicted molar refractivity (Wildman–Crippen MR) is 109 cm³/mol. The van der Waals surface area contributed by atoms with Crippen LogP contribution in [0.25, 0.3) is 5.69 Å². The second-order valence-electron chi connectivity index (χ2n) is 8.16. The number of aromatic nitrogens is 3. The lowest BCUT2D eigenvalue weighted by atomic mass is 9.73. The normalized spacial score (nSPS) is 24.7. The van der Waals surface area contributed by atoms with Gasteiger partial charge in [0.2, 0.25) is 5.91 Å². The molecule has 2 fully saturated rings. The largest absolute Gasteiger partial charge is 0.348 e. The van der Waals surface area contributed by atoms with Gasteiger partial charge >= 0.3 is 6.03 Å². The summed E-state index contributed by atoms with van der Waals surface area (Å²) in [6.45, 7) is 3.57. The van der Waals surface area contributed by atoms with E-state index in [0.29, 0.717) is 6.42 Å². The highest BCUT2D eigenvalue weighted by molar-refractivity contribution is 6.09. The first-order valence-electron chi connectivity index (χ1n) is 10.3. The highest BCUT2D eigenvalue weighted by Gasteiger charge is 2.55. The number of carbonyl (C=O) groups is 3. The monoisotopic (exact) mass is 410 g/mol. The quantitative estimate of drug-likeness (QED) is 0.732. The fraction of sp³-hybridized carbons (Fsp3) is 0.476. The summed E-state index contributed by atoms with van der Waals surface area (Å²) in [6, 6.07) is 6.82. The Bertz CT molecular complexity index is 942. The molecule has 2 heterocycles. The molecule has 30 heavy (non-hydrogen) atoms. The van der Waals surface area contributed by atoms with E-state index in [9.17, 15) is 14.4 Å². The first kappa shape index (κ1) is 20.1. The lowest BCUT2D eigenvalue weighted by Gasteiger charge is -2.36. The molecule has 2 aliphatic rings. The van der Waals surface area contributed by atoms with Gasteiger partial charge in [-0.15, -0.1) is 0 Å². The Hall–Kier alpha value is -3.23. The number of nitrogens with one attached hydrogen (secondary N) is 2. The lowest BCUT2D eigenvalue weighted by molar-refractivity contribution is -0.137. The average Bonchev–Trinajstić information content (AvgIpc) is 3.34. The Morgan fingerprint density at radius 2 is 2.07 bits per heavy atom. The summed E-state index contributed by atoms with van der Waals surface area (Å²) in [5.41, 5.74) is 0.918. The molecule has 158 valence electrons. The van der Waals surface area contributed by atoms with Crippen LogP contribution < -0.4 is 10.6 Å². The molecule has 0 unspecified atom stereocenters. The topological polar surface area (TPSA) is 109 Å². The first-order chi connectivity index (χ1) is 14.4. The van der Waals surface area contributed by atoms with Crippen LogP contribution in [-0.4, -0.2) is 49.6 Å². The van der Waals surface area contributed by atoms with Gasteiger partial charge in [-0.05, 0) is 43.4 Å². The summed E-state index contributed by atoms with van der Waals surface area (Å²) in [7, 11) is 0. The standard InChI is InChI=1S/C21H26N6O3/c1-14-5-3-4-10-21(14)19(29)26(20(30)25-21)11-18(28)24-15(2)16-6-8-17(9-7-16)27-13-22-12-23-27/h6-9,12-15H,3-5,10-11H2,1-2H3,(H,24,28)(H,25,30)/t14-,15+,21-/m1/s1. The third-order valence-corrected chi connectivity index (χ3v) is 6.26. The van der Waals surface area contributed by atoms with Crippen LogP contribution in [0, 0.1) is 5.92 Å². The number of carbonyl (C=O) groups excluding carboxylic acids is 3. The van der Waals surface area contributed by atoms with Crippen molar-refractivity contribution in [3.8, 4) is 5.69 Å². The molecule has 2 N–H and O–H groups in total. The van der Waals surface area contributed by atoms with Gasteiger partial charge in [0, 0.05) is 0 Å². The summed E-state index contributed by atoms with van der Waals surface area (Å²) in [6.07, 6.45) is 6.56. The number of rotatable bonds is 5. The van der Waals surface area contributed by atoms with E-state index < -0.39 is 11.6 Å². The van der Waals surface area contributed by atoms with Gasteiger partial charge in [-0.25, -0.2) is 14.5 Å². The van der Waals surface area contributed by atoms with Crippen molar-refractivity contribution in [3.63, 3.8) is 0 Å². The van der Waals surface area contributed by atoms with Gasteiger partial charge in [-0.1, -0.05) is 31.9 Å². The maximum absolute atomic E-state index is 13.0. The van der Waals surface area contributed by atoms with Gasteiger partial charge in [-0.2, -0.15) is 5.10 Å². The Kier molecular flexibility index (Phi) is 5.27. The summed E-state index contributed by atoms with van der Waals surface area (Å²) in [5, 5.41) is 9.83. The molecule has 1 saturated heterocycles. The lowest BCUT2D eigenvalue weighted by Crippen LogP contribution is -2.54. The van der Waals surface area contributed by atoms with Gasteiger partial charge in [0.1, 0.15) is 24.7 Å². The van der Waals surface area contributed by atoms with Crippen molar-refractivity contribution in [2.24, 2.45) is 5.92 Å². The maximum Gasteiger partial charge on any atom is 0.325 e. The van der Waals surface area contributed by atoms with Crippen LogP contribution in [0.1, 0.15) is 51.1 Å². The second kappa shape index (κ2) is 7.89. The maximum atomic E-state index is 13.0. The van der Waals surface area contributed by atoms with Crippen LogP contribution >= 0.6 is 0 Å². The molecule has 0 bridgehead atoms. The predicted octanol–water partition coefficient (Wildman–Crippen LogP) is 1.95. The summed E-state index contributed by atoms with van der Waals surface area (Å²) >= 11 is 0. The van der Waals surface area contributed by atoms with E-state index in [0.717, 1.165) is 35.4 Å². The smallest absolute Gasteiger partial charge is 0.325 e. The molecular formula is C21H26N6O3. The molecule has 4 rings (SSSR count). The van der Waals surface area contributed by atoms with E-state index in [1.807, 2.05) is 38.1 Å². The molecular weight excluding hydrogens is 384 g/mol. The Morgan fingerprint density at radius 3 is 2.73 bits per heavy atom. The van der Waals surface area contributed by atoms with Crippen LogP contribution in [-0.2, 0) is 9.59 Å². The summed E-state index contributed by atoms with van der Waals surface area (Å²) < 4.78 is 1.65. The average molecular weight is 410 g/mol. The molecule has 1 saturated carbocycles. The molecule has 9 nitrogen and oxygen atoms in total. The van der Waals surface area contributed by atoms with E-state index in [2.05, 4.69) is 20.7 Å². The van der Waals surface area contributed by atoms with Crippen molar-refractivity contribution < 1.29 is 14.4 Å². The number of hydrogen-bond acceptors (Lipinski definition) is 5. The molecule has 9 heteroatoms. The zero-order valence-electron chi connectivity index (χ0n) is 17.2. The minimum absolute atomic E-state index is 0.0678. The highest BCUT2D eigenvalue weighted by atomic mass is 16.2. The van der Waals surface area contributed by atoms with Crippen molar-refractivity contribution in [1.29, 1.82) is 0 Å². The van der Waals surface area contributed by atoms with E-state index >= 15 is 0 Å². The number of benzene rings is 1. The Balaban J connectivity index is 1.38. The van der Waals surface area contributed by atoms with Crippen LogP contribution in [0.3, 0.4) is 0 Å². The van der Waals surface area contributed by atoms with E-state index in [-0.39, 0.29) is 30.3 Å². The second-order valence-corrected chi connectivity index (χ2v) is 8.16. The molecule has 1 aromatic carbocycles. The number of nitrogens with zero attached hydrogens (tertiary/aromatic N) is 4. The number of amides is 4. The van der Waals surface area contributed by atoms with Crippen molar-refractivity contribution in [2.75, 3.05) is 6.54 Å². The van der Waals surface area contributed by atoms with E-state index in [1.165, 1.54) is 6.33 Å². The minimum atomic E-state index is -0.849. The van der Waals surface area contributed by atoms with Crippen LogP contribution in [0.4, 0.5) is 4.79 Å². The van der Waals surface area contributed by atoms with Gasteiger partial charge in [0.25, 0.3) is 5.91 Å². The van der Waals surface area contributed by atoms with Gasteiger partial charge in [0.05, 0.1) is 11.7 Å². The van der Waals surface area contributed by atoms with Gasteiger partial charge in [-0.3, -0.25) is 14.5 Å². The molecule has 1 aromatic heterocycles.